The molecule has 1 aromatic heterocycles. The maximum atomic E-state index is 13.9. The minimum Gasteiger partial charge on any atom is -0.391 e. The Kier molecular flexibility index (Phi) is 7.21. The average molecular weight is 559 g/mol. The van der Waals surface area contributed by atoms with E-state index in [0.29, 0.717) is 24.6 Å². The van der Waals surface area contributed by atoms with Gasteiger partial charge in [-0.05, 0) is 49.3 Å². The first-order chi connectivity index (χ1) is 18.3. The molecule has 0 radical (unpaired) electrons. The number of sulfonamides is 1. The standard InChI is InChI=1S/C27H38N6O5S/c1-17(19-7-5-8-20(13-19)33-11-6-12-39(33,37)38)28-25(35)23-14-21(34)15-31(23)26(36)24(27(2,3)4)32-16-22(29-30-32)18-9-10-18/h5,7-8,13,16-18,21,23-24,34H,6,9-12,14-15H2,1-4H3,(H,28,35)/t17?,21?,23?,24-/m1/s1. The first kappa shape index (κ1) is 27.6. The monoisotopic (exact) mass is 558 g/mol. The van der Waals surface area contributed by atoms with E-state index in [0.717, 1.165) is 24.1 Å². The highest BCUT2D eigenvalue weighted by molar-refractivity contribution is 7.93. The molecule has 2 saturated heterocycles. The van der Waals surface area contributed by atoms with Gasteiger partial charge in [0.15, 0.2) is 0 Å². The number of hydrogen-bond acceptors (Lipinski definition) is 7. The van der Waals surface area contributed by atoms with Crippen LogP contribution in [0.4, 0.5) is 5.69 Å². The predicted octanol–water partition coefficient (Wildman–Crippen LogP) is 2.12. The second kappa shape index (κ2) is 10.2. The second-order valence-electron chi connectivity index (χ2n) is 12.1. The number of hydrogen-bond donors (Lipinski definition) is 2. The minimum atomic E-state index is -3.32. The van der Waals surface area contributed by atoms with Gasteiger partial charge in [-0.15, -0.1) is 5.10 Å². The van der Waals surface area contributed by atoms with Gasteiger partial charge < -0.3 is 15.3 Å². The molecule has 0 bridgehead atoms. The summed E-state index contributed by atoms with van der Waals surface area (Å²) in [6.45, 7) is 8.17. The second-order valence-corrected chi connectivity index (χ2v) is 14.1. The molecular weight excluding hydrogens is 520 g/mol. The molecule has 1 saturated carbocycles. The van der Waals surface area contributed by atoms with Crippen LogP contribution in [0.25, 0.3) is 0 Å². The van der Waals surface area contributed by atoms with Gasteiger partial charge in [0.1, 0.15) is 12.1 Å². The van der Waals surface area contributed by atoms with E-state index in [1.165, 1.54) is 9.21 Å². The van der Waals surface area contributed by atoms with Gasteiger partial charge in [0.2, 0.25) is 21.8 Å². The van der Waals surface area contributed by atoms with Gasteiger partial charge >= 0.3 is 0 Å². The predicted molar refractivity (Wildman–Crippen MR) is 145 cm³/mol. The number of carbonyl (C=O) groups is 2. The molecule has 11 nitrogen and oxygen atoms in total. The van der Waals surface area contributed by atoms with Crippen LogP contribution in [0, 0.1) is 5.41 Å². The molecule has 212 valence electrons. The van der Waals surface area contributed by atoms with Gasteiger partial charge in [0, 0.05) is 31.6 Å². The summed E-state index contributed by atoms with van der Waals surface area (Å²) in [5.41, 5.74) is 1.70. The van der Waals surface area contributed by atoms with E-state index in [4.69, 9.17) is 0 Å². The molecule has 5 rings (SSSR count). The number of nitrogens with one attached hydrogen (secondary N) is 1. The molecule has 1 aliphatic carbocycles. The van der Waals surface area contributed by atoms with E-state index in [9.17, 15) is 23.1 Å². The van der Waals surface area contributed by atoms with Crippen LogP contribution in [0.15, 0.2) is 30.5 Å². The van der Waals surface area contributed by atoms with Gasteiger partial charge in [-0.3, -0.25) is 13.9 Å². The van der Waals surface area contributed by atoms with Crippen LogP contribution in [0.3, 0.4) is 0 Å². The lowest BCUT2D eigenvalue weighted by molar-refractivity contribution is -0.144. The maximum Gasteiger partial charge on any atom is 0.248 e. The first-order valence-electron chi connectivity index (χ1n) is 13.7. The van der Waals surface area contributed by atoms with Crippen LogP contribution < -0.4 is 9.62 Å². The Labute approximate surface area is 229 Å². The van der Waals surface area contributed by atoms with Crippen molar-refractivity contribution in [2.75, 3.05) is 23.1 Å². The molecule has 3 fully saturated rings. The molecular formula is C27H38N6O5S. The Morgan fingerprint density at radius 1 is 1.21 bits per heavy atom. The lowest BCUT2D eigenvalue weighted by atomic mass is 9.85. The molecule has 2 N–H and O–H groups in total. The fraction of sp³-hybridized carbons (Fsp3) is 0.630. The molecule has 0 spiro atoms. The number of rotatable bonds is 7. The van der Waals surface area contributed by atoms with Crippen LogP contribution in [0.2, 0.25) is 0 Å². The van der Waals surface area contributed by atoms with Crippen molar-refractivity contribution in [2.45, 2.75) is 83.5 Å². The lowest BCUT2D eigenvalue weighted by Crippen LogP contribution is -2.50. The molecule has 3 heterocycles. The topological polar surface area (TPSA) is 138 Å². The molecule has 2 amide bonds. The van der Waals surface area contributed by atoms with E-state index in [-0.39, 0.29) is 30.5 Å². The Morgan fingerprint density at radius 2 is 1.95 bits per heavy atom. The van der Waals surface area contributed by atoms with Crippen molar-refractivity contribution in [3.05, 3.63) is 41.7 Å². The van der Waals surface area contributed by atoms with Crippen LogP contribution in [-0.4, -0.2) is 76.2 Å². The third-order valence-corrected chi connectivity index (χ3v) is 9.69. The Morgan fingerprint density at radius 3 is 2.59 bits per heavy atom. The van der Waals surface area contributed by atoms with Gasteiger partial charge in [-0.2, -0.15) is 0 Å². The number of carbonyl (C=O) groups excluding carboxylic acids is 2. The first-order valence-corrected chi connectivity index (χ1v) is 15.3. The zero-order valence-electron chi connectivity index (χ0n) is 22.9. The van der Waals surface area contributed by atoms with Crippen LogP contribution >= 0.6 is 0 Å². The van der Waals surface area contributed by atoms with Crippen molar-refractivity contribution in [1.82, 2.24) is 25.2 Å². The number of anilines is 1. The van der Waals surface area contributed by atoms with Gasteiger partial charge in [-0.1, -0.05) is 38.1 Å². The Hall–Kier alpha value is -2.99. The van der Waals surface area contributed by atoms with E-state index < -0.39 is 39.7 Å². The molecule has 12 heteroatoms. The van der Waals surface area contributed by atoms with E-state index in [1.807, 2.05) is 40.0 Å². The maximum absolute atomic E-state index is 13.9. The van der Waals surface area contributed by atoms with Crippen molar-refractivity contribution in [3.63, 3.8) is 0 Å². The van der Waals surface area contributed by atoms with Gasteiger partial charge in [0.25, 0.3) is 0 Å². The number of likely N-dealkylation sites (tertiary alicyclic amines) is 1. The molecule has 39 heavy (non-hydrogen) atoms. The van der Waals surface area contributed by atoms with E-state index >= 15 is 0 Å². The highest BCUT2D eigenvalue weighted by atomic mass is 32.2. The SMILES string of the molecule is CC(NC(=O)C1CC(O)CN1C(=O)[C@@H](n1cc(C2CC2)nn1)C(C)(C)C)c1cccc(N2CCCS2(=O)=O)c1. The van der Waals surface area contributed by atoms with Crippen LogP contribution in [-0.2, 0) is 19.6 Å². The van der Waals surface area contributed by atoms with Crippen LogP contribution in [0.1, 0.15) is 82.6 Å². The normalized spacial score (nSPS) is 24.5. The third-order valence-electron chi connectivity index (χ3n) is 7.82. The molecule has 4 atom stereocenters. The quantitative estimate of drug-likeness (QED) is 0.531. The minimum absolute atomic E-state index is 0.0599. The number of aliphatic hydroxyl groups excluding tert-OH is 1. The zero-order valence-corrected chi connectivity index (χ0v) is 23.8. The summed E-state index contributed by atoms with van der Waals surface area (Å²) in [7, 11) is -3.32. The van der Waals surface area contributed by atoms with Crippen molar-refractivity contribution in [3.8, 4) is 0 Å². The van der Waals surface area contributed by atoms with E-state index in [2.05, 4.69) is 15.6 Å². The highest BCUT2D eigenvalue weighted by Gasteiger charge is 2.45. The van der Waals surface area contributed by atoms with Crippen molar-refractivity contribution in [1.29, 1.82) is 0 Å². The molecule has 1 aromatic carbocycles. The summed E-state index contributed by atoms with van der Waals surface area (Å²) in [4.78, 5) is 28.9. The summed E-state index contributed by atoms with van der Waals surface area (Å²) < 4.78 is 27.8. The number of amides is 2. The summed E-state index contributed by atoms with van der Waals surface area (Å²) >= 11 is 0. The number of aromatic nitrogens is 3. The van der Waals surface area contributed by atoms with Crippen molar-refractivity contribution < 1.29 is 23.1 Å². The molecule has 3 unspecified atom stereocenters. The smallest absolute Gasteiger partial charge is 0.248 e. The Balaban J connectivity index is 1.33. The number of aliphatic hydroxyl groups is 1. The fourth-order valence-corrected chi connectivity index (χ4v) is 7.15. The molecule has 2 aromatic rings. The third kappa shape index (κ3) is 5.67. The summed E-state index contributed by atoms with van der Waals surface area (Å²) in [5.74, 6) is -0.118. The fourth-order valence-electron chi connectivity index (χ4n) is 5.60. The number of benzene rings is 1. The van der Waals surface area contributed by atoms with Crippen molar-refractivity contribution >= 4 is 27.5 Å². The molecule has 3 aliphatic rings. The van der Waals surface area contributed by atoms with Gasteiger partial charge in [0.05, 0.1) is 29.3 Å². The van der Waals surface area contributed by atoms with Crippen molar-refractivity contribution in [2.24, 2.45) is 5.41 Å². The van der Waals surface area contributed by atoms with E-state index in [1.54, 1.807) is 22.9 Å². The molecule has 2 aliphatic heterocycles. The largest absolute Gasteiger partial charge is 0.391 e. The Bertz CT molecular complexity index is 1350. The van der Waals surface area contributed by atoms with Gasteiger partial charge in [-0.25, -0.2) is 13.1 Å². The zero-order chi connectivity index (χ0) is 28.1. The number of β-amino-alcohol motifs (C(OH)–C–C–N with tert-alkyl or cyclic N) is 1. The number of nitrogens with zero attached hydrogens (tertiary/aromatic N) is 5. The highest BCUT2D eigenvalue weighted by Crippen LogP contribution is 2.40. The average Bonchev–Trinajstić information content (AvgIpc) is 3.29. The summed E-state index contributed by atoms with van der Waals surface area (Å²) in [6.07, 6.45) is 3.88. The van der Waals surface area contributed by atoms with Crippen LogP contribution in [0.5, 0.6) is 0 Å². The lowest BCUT2D eigenvalue weighted by Gasteiger charge is -2.34. The summed E-state index contributed by atoms with van der Waals surface area (Å²) in [6, 6.07) is 5.17. The summed E-state index contributed by atoms with van der Waals surface area (Å²) in [5, 5.41) is 22.0.